The number of hydrogen-bond donors (Lipinski definition) is 1. The third kappa shape index (κ3) is 3.12. The molecule has 0 spiro atoms. The predicted molar refractivity (Wildman–Crippen MR) is 89.7 cm³/mol. The van der Waals surface area contributed by atoms with Crippen LogP contribution in [0.3, 0.4) is 0 Å². The molecule has 0 saturated heterocycles. The molecule has 3 nitrogen and oxygen atoms in total. The molecule has 0 fully saturated rings. The molecule has 5 heteroatoms. The molecule has 0 unspecified atom stereocenters. The van der Waals surface area contributed by atoms with Crippen molar-refractivity contribution in [2.45, 2.75) is 20.4 Å². The average Bonchev–Trinajstić information content (AvgIpc) is 3.06. The normalized spacial score (nSPS) is 10.8. The Balaban J connectivity index is 1.88. The Morgan fingerprint density at radius 1 is 1.29 bits per heavy atom. The third-order valence-corrected chi connectivity index (χ3v) is 4.57. The second-order valence-electron chi connectivity index (χ2n) is 4.90. The summed E-state index contributed by atoms with van der Waals surface area (Å²) < 4.78 is 1.84. The monoisotopic (exact) mass is 317 g/mol. The first-order valence-electron chi connectivity index (χ1n) is 6.73. The molecule has 3 aromatic rings. The van der Waals surface area contributed by atoms with Crippen molar-refractivity contribution in [3.8, 4) is 5.69 Å². The molecule has 2 aromatic heterocycles. The molecule has 1 aromatic carbocycles. The Morgan fingerprint density at radius 2 is 2.14 bits per heavy atom. The summed E-state index contributed by atoms with van der Waals surface area (Å²) >= 11 is 7.95. The van der Waals surface area contributed by atoms with Gasteiger partial charge in [0, 0.05) is 33.7 Å². The van der Waals surface area contributed by atoms with Crippen molar-refractivity contribution in [3.63, 3.8) is 0 Å². The lowest BCUT2D eigenvalue weighted by Gasteiger charge is -2.12. The number of nitrogens with zero attached hydrogens (tertiary/aromatic N) is 2. The molecule has 2 heterocycles. The fraction of sp³-hybridized carbons (Fsp3) is 0.188. The fourth-order valence-corrected chi connectivity index (χ4v) is 3.43. The van der Waals surface area contributed by atoms with Crippen LogP contribution in [0, 0.1) is 13.8 Å². The summed E-state index contributed by atoms with van der Waals surface area (Å²) in [4.78, 5) is 2.69. The summed E-state index contributed by atoms with van der Waals surface area (Å²) in [6, 6.07) is 9.93. The summed E-state index contributed by atoms with van der Waals surface area (Å²) in [5.41, 5.74) is 3.30. The van der Waals surface area contributed by atoms with E-state index in [9.17, 15) is 0 Å². The minimum Gasteiger partial charge on any atom is -0.379 e. The van der Waals surface area contributed by atoms with E-state index in [2.05, 4.69) is 30.3 Å². The van der Waals surface area contributed by atoms with Crippen LogP contribution in [0.15, 0.2) is 42.7 Å². The summed E-state index contributed by atoms with van der Waals surface area (Å²) in [7, 11) is 0. The highest BCUT2D eigenvalue weighted by molar-refractivity contribution is 7.12. The van der Waals surface area contributed by atoms with Gasteiger partial charge in [-0.25, -0.2) is 4.68 Å². The van der Waals surface area contributed by atoms with Gasteiger partial charge in [-0.15, -0.1) is 11.3 Å². The highest BCUT2D eigenvalue weighted by Gasteiger charge is 2.08. The second kappa shape index (κ2) is 5.92. The molecule has 0 amide bonds. The van der Waals surface area contributed by atoms with E-state index in [1.165, 1.54) is 15.3 Å². The number of nitrogens with one attached hydrogen (secondary N) is 1. The van der Waals surface area contributed by atoms with E-state index in [-0.39, 0.29) is 0 Å². The molecule has 1 N–H and O–H groups in total. The van der Waals surface area contributed by atoms with Crippen LogP contribution in [-0.4, -0.2) is 9.78 Å². The molecule has 0 atom stereocenters. The Labute approximate surface area is 133 Å². The molecule has 0 bridgehead atoms. The quantitative estimate of drug-likeness (QED) is 0.748. The molecule has 108 valence electrons. The van der Waals surface area contributed by atoms with Crippen LogP contribution in [0.1, 0.15) is 15.3 Å². The first-order chi connectivity index (χ1) is 10.1. The average molecular weight is 318 g/mol. The van der Waals surface area contributed by atoms with E-state index < -0.39 is 0 Å². The maximum Gasteiger partial charge on any atom is 0.0877 e. The van der Waals surface area contributed by atoms with Gasteiger partial charge in [-0.2, -0.15) is 5.10 Å². The number of thiophene rings is 1. The SMILES string of the molecule is Cc1cc(CNc2cc(Cl)ccc2-n2cccn2)c(C)s1. The van der Waals surface area contributed by atoms with E-state index in [0.29, 0.717) is 5.02 Å². The molecule has 0 aliphatic rings. The van der Waals surface area contributed by atoms with Gasteiger partial charge in [0.05, 0.1) is 11.4 Å². The molecule has 21 heavy (non-hydrogen) atoms. The van der Waals surface area contributed by atoms with Gasteiger partial charge >= 0.3 is 0 Å². The number of benzene rings is 1. The van der Waals surface area contributed by atoms with Crippen LogP contribution >= 0.6 is 22.9 Å². The van der Waals surface area contributed by atoms with Crippen molar-refractivity contribution < 1.29 is 0 Å². The minimum atomic E-state index is 0.714. The molecule has 0 radical (unpaired) electrons. The van der Waals surface area contributed by atoms with Gasteiger partial charge in [-0.05, 0) is 49.7 Å². The van der Waals surface area contributed by atoms with E-state index in [1.54, 1.807) is 6.20 Å². The van der Waals surface area contributed by atoms with Gasteiger partial charge in [0.2, 0.25) is 0 Å². The van der Waals surface area contributed by atoms with Crippen LogP contribution < -0.4 is 5.32 Å². The van der Waals surface area contributed by atoms with Gasteiger partial charge in [0.1, 0.15) is 0 Å². The number of aryl methyl sites for hydroxylation is 2. The van der Waals surface area contributed by atoms with Crippen molar-refractivity contribution in [1.29, 1.82) is 0 Å². The standard InChI is InChI=1S/C16H16ClN3S/c1-11-8-13(12(2)21-11)10-18-15-9-14(17)4-5-16(15)20-7-3-6-19-20/h3-9,18H,10H2,1-2H3. The number of aromatic nitrogens is 2. The topological polar surface area (TPSA) is 29.9 Å². The highest BCUT2D eigenvalue weighted by atomic mass is 35.5. The minimum absolute atomic E-state index is 0.714. The van der Waals surface area contributed by atoms with E-state index >= 15 is 0 Å². The Bertz CT molecular complexity index is 747. The second-order valence-corrected chi connectivity index (χ2v) is 6.80. The molecular weight excluding hydrogens is 302 g/mol. The lowest BCUT2D eigenvalue weighted by atomic mass is 10.2. The number of hydrogen-bond acceptors (Lipinski definition) is 3. The van der Waals surface area contributed by atoms with Gasteiger partial charge in [-0.1, -0.05) is 11.6 Å². The van der Waals surface area contributed by atoms with Crippen molar-refractivity contribution in [2.75, 3.05) is 5.32 Å². The first-order valence-corrected chi connectivity index (χ1v) is 7.92. The van der Waals surface area contributed by atoms with Crippen LogP contribution in [0.2, 0.25) is 5.02 Å². The maximum atomic E-state index is 6.13. The van der Waals surface area contributed by atoms with Crippen LogP contribution in [0.25, 0.3) is 5.69 Å². The lowest BCUT2D eigenvalue weighted by molar-refractivity contribution is 0.879. The van der Waals surface area contributed by atoms with Crippen LogP contribution in [0.5, 0.6) is 0 Å². The van der Waals surface area contributed by atoms with Crippen molar-refractivity contribution >= 4 is 28.6 Å². The fourth-order valence-electron chi connectivity index (χ4n) is 2.31. The van der Waals surface area contributed by atoms with Gasteiger partial charge in [0.15, 0.2) is 0 Å². The number of rotatable bonds is 4. The lowest BCUT2D eigenvalue weighted by Crippen LogP contribution is -2.05. The Kier molecular flexibility index (Phi) is 3.99. The van der Waals surface area contributed by atoms with Crippen molar-refractivity contribution in [1.82, 2.24) is 9.78 Å². The number of anilines is 1. The zero-order valence-corrected chi connectivity index (χ0v) is 13.5. The molecule has 3 rings (SSSR count). The molecule has 0 aliphatic carbocycles. The van der Waals surface area contributed by atoms with Crippen LogP contribution in [0.4, 0.5) is 5.69 Å². The summed E-state index contributed by atoms with van der Waals surface area (Å²) in [6.07, 6.45) is 3.69. The Hall–Kier alpha value is -1.78. The van der Waals surface area contributed by atoms with E-state index in [0.717, 1.165) is 17.9 Å². The Morgan fingerprint density at radius 3 is 2.81 bits per heavy atom. The van der Waals surface area contributed by atoms with E-state index in [4.69, 9.17) is 11.6 Å². The first kappa shape index (κ1) is 14.2. The van der Waals surface area contributed by atoms with E-state index in [1.807, 2.05) is 46.5 Å². The van der Waals surface area contributed by atoms with Crippen molar-refractivity contribution in [2.24, 2.45) is 0 Å². The van der Waals surface area contributed by atoms with Gasteiger partial charge in [0.25, 0.3) is 0 Å². The summed E-state index contributed by atoms with van der Waals surface area (Å²) in [6.45, 7) is 5.07. The highest BCUT2D eigenvalue weighted by Crippen LogP contribution is 2.26. The maximum absolute atomic E-state index is 6.13. The molecule has 0 saturated carbocycles. The summed E-state index contributed by atoms with van der Waals surface area (Å²) in [5, 5.41) is 8.48. The predicted octanol–water partition coefficient (Wildman–Crippen LogP) is 4.82. The third-order valence-electron chi connectivity index (χ3n) is 3.32. The van der Waals surface area contributed by atoms with Gasteiger partial charge in [-0.3, -0.25) is 0 Å². The smallest absolute Gasteiger partial charge is 0.0877 e. The zero-order valence-electron chi connectivity index (χ0n) is 11.9. The van der Waals surface area contributed by atoms with Crippen LogP contribution in [-0.2, 0) is 6.54 Å². The van der Waals surface area contributed by atoms with Gasteiger partial charge < -0.3 is 5.32 Å². The zero-order chi connectivity index (χ0) is 14.8. The van der Waals surface area contributed by atoms with Crippen molar-refractivity contribution in [3.05, 3.63) is 63.1 Å². The largest absolute Gasteiger partial charge is 0.379 e. The summed E-state index contributed by atoms with van der Waals surface area (Å²) in [5.74, 6) is 0. The molecular formula is C16H16ClN3S. The molecule has 0 aliphatic heterocycles. The number of halogens is 1.